The van der Waals surface area contributed by atoms with E-state index < -0.39 is 54.8 Å². The lowest BCUT2D eigenvalue weighted by Gasteiger charge is -2.18. The van der Waals surface area contributed by atoms with Gasteiger partial charge in [-0.3, -0.25) is 24.0 Å². The second-order valence-electron chi connectivity index (χ2n) is 7.05. The highest BCUT2D eigenvalue weighted by Gasteiger charge is 2.24. The Labute approximate surface area is 182 Å². The van der Waals surface area contributed by atoms with Gasteiger partial charge in [-0.1, -0.05) is 18.2 Å². The zero-order chi connectivity index (χ0) is 23.7. The number of benzene rings is 1. The molecule has 12 heteroatoms. The number of carbonyl (C=O) groups is 5. The second-order valence-corrected chi connectivity index (χ2v) is 7.05. The van der Waals surface area contributed by atoms with Crippen LogP contribution in [0.3, 0.4) is 0 Å². The number of H-pyrrole nitrogens is 1. The first-order valence-corrected chi connectivity index (χ1v) is 9.76. The number of hydrogen-bond acceptors (Lipinski definition) is 6. The van der Waals surface area contributed by atoms with E-state index in [-0.39, 0.29) is 19.3 Å². The maximum atomic E-state index is 12.5. The fraction of sp³-hybridized carbons (Fsp3) is 0.350. The largest absolute Gasteiger partial charge is 0.481 e. The molecule has 1 heterocycles. The number of hydrogen-bond donors (Lipinski definition) is 7. The number of aliphatic carboxylic acids is 2. The number of nitrogens with two attached hydrogens (primary N) is 1. The van der Waals surface area contributed by atoms with Gasteiger partial charge in [-0.05, 0) is 18.1 Å². The number of carboxylic acid groups (broad SMARTS) is 2. The molecule has 32 heavy (non-hydrogen) atoms. The Morgan fingerprint density at radius 2 is 1.66 bits per heavy atom. The Balaban J connectivity index is 2.01. The van der Waals surface area contributed by atoms with Crippen LogP contribution in [0.25, 0.3) is 10.9 Å². The van der Waals surface area contributed by atoms with Crippen molar-refractivity contribution in [2.45, 2.75) is 31.3 Å². The van der Waals surface area contributed by atoms with Crippen LogP contribution >= 0.6 is 0 Å². The van der Waals surface area contributed by atoms with Gasteiger partial charge in [-0.25, -0.2) is 0 Å². The summed E-state index contributed by atoms with van der Waals surface area (Å²) in [4.78, 5) is 61.1. The van der Waals surface area contributed by atoms with Gasteiger partial charge in [0.25, 0.3) is 0 Å². The number of carbonyl (C=O) groups excluding carboxylic acids is 3. The summed E-state index contributed by atoms with van der Waals surface area (Å²) in [6.45, 7) is -1.11. The molecular formula is C20H25N5O7. The van der Waals surface area contributed by atoms with E-state index in [0.717, 1.165) is 16.5 Å². The first kappa shape index (κ1) is 24.3. The Kier molecular flexibility index (Phi) is 8.72. The molecule has 0 saturated carbocycles. The SMILES string of the molecule is NC(CCC(=O)O)C(=O)NCC(=O)NC(Cc1c[nH]c2ccccc12)C(=O)NCC(=O)O. The molecule has 0 bridgehead atoms. The molecular weight excluding hydrogens is 422 g/mol. The molecule has 3 amide bonds. The topological polar surface area (TPSA) is 204 Å². The summed E-state index contributed by atoms with van der Waals surface area (Å²) in [5, 5.41) is 25.3. The van der Waals surface area contributed by atoms with Crippen LogP contribution in [-0.4, -0.2) is 70.0 Å². The first-order valence-electron chi connectivity index (χ1n) is 9.76. The fourth-order valence-electron chi connectivity index (χ4n) is 2.97. The average Bonchev–Trinajstić information content (AvgIpc) is 3.16. The minimum atomic E-state index is -1.24. The third kappa shape index (κ3) is 7.40. The predicted octanol–water partition coefficient (Wildman–Crippen LogP) is -1.30. The maximum absolute atomic E-state index is 12.5. The lowest BCUT2D eigenvalue weighted by Crippen LogP contribution is -2.52. The number of rotatable bonds is 12. The summed E-state index contributed by atoms with van der Waals surface area (Å²) in [5.74, 6) is -4.43. The van der Waals surface area contributed by atoms with Crippen molar-refractivity contribution in [3.8, 4) is 0 Å². The third-order valence-corrected chi connectivity index (χ3v) is 4.59. The molecule has 172 valence electrons. The molecule has 0 saturated heterocycles. The predicted molar refractivity (Wildman–Crippen MR) is 112 cm³/mol. The number of nitrogens with one attached hydrogen (secondary N) is 4. The molecule has 2 atom stereocenters. The molecule has 12 nitrogen and oxygen atoms in total. The first-order chi connectivity index (χ1) is 15.2. The maximum Gasteiger partial charge on any atom is 0.322 e. The number of aromatic amines is 1. The van der Waals surface area contributed by atoms with Crippen LogP contribution in [0.2, 0.25) is 0 Å². The van der Waals surface area contributed by atoms with Crippen molar-refractivity contribution in [1.29, 1.82) is 0 Å². The third-order valence-electron chi connectivity index (χ3n) is 4.59. The van der Waals surface area contributed by atoms with Gasteiger partial charge in [0, 0.05) is 29.9 Å². The van der Waals surface area contributed by atoms with Crippen LogP contribution in [0.5, 0.6) is 0 Å². The van der Waals surface area contributed by atoms with Crippen LogP contribution in [0.1, 0.15) is 18.4 Å². The molecule has 0 spiro atoms. The zero-order valence-corrected chi connectivity index (χ0v) is 17.1. The lowest BCUT2D eigenvalue weighted by molar-refractivity contribution is -0.139. The Hall–Kier alpha value is -3.93. The molecule has 0 fully saturated rings. The van der Waals surface area contributed by atoms with Gasteiger partial charge >= 0.3 is 11.9 Å². The molecule has 8 N–H and O–H groups in total. The highest BCUT2D eigenvalue weighted by molar-refractivity contribution is 5.93. The molecule has 1 aromatic heterocycles. The molecule has 2 rings (SSSR count). The van der Waals surface area contributed by atoms with E-state index in [4.69, 9.17) is 15.9 Å². The van der Waals surface area contributed by atoms with Crippen molar-refractivity contribution in [2.24, 2.45) is 5.73 Å². The van der Waals surface area contributed by atoms with Crippen LogP contribution in [-0.2, 0) is 30.4 Å². The van der Waals surface area contributed by atoms with Crippen LogP contribution in [0, 0.1) is 0 Å². The fourth-order valence-corrected chi connectivity index (χ4v) is 2.97. The number of fused-ring (bicyclic) bond motifs is 1. The Morgan fingerprint density at radius 1 is 0.969 bits per heavy atom. The number of amides is 3. The van der Waals surface area contributed by atoms with E-state index in [1.807, 2.05) is 24.3 Å². The molecule has 0 aliphatic carbocycles. The van der Waals surface area contributed by atoms with Crippen molar-refractivity contribution in [1.82, 2.24) is 20.9 Å². The van der Waals surface area contributed by atoms with E-state index >= 15 is 0 Å². The quantitative estimate of drug-likeness (QED) is 0.208. The zero-order valence-electron chi connectivity index (χ0n) is 17.1. The Morgan fingerprint density at radius 3 is 2.34 bits per heavy atom. The minimum absolute atomic E-state index is 0.0767. The standard InChI is InChI=1S/C20H25N5O7/c21-13(5-6-17(27)28)19(31)23-9-16(26)25-15(20(32)24-10-18(29)30)7-11-8-22-14-4-2-1-3-12(11)14/h1-4,8,13,15,22H,5-7,9-10,21H2,(H,23,31)(H,24,32)(H,25,26)(H,27,28)(H,29,30). The number of aromatic nitrogens is 1. The highest BCUT2D eigenvalue weighted by atomic mass is 16.4. The summed E-state index contributed by atoms with van der Waals surface area (Å²) in [7, 11) is 0. The van der Waals surface area contributed by atoms with Crippen molar-refractivity contribution in [2.75, 3.05) is 13.1 Å². The highest BCUT2D eigenvalue weighted by Crippen LogP contribution is 2.19. The smallest absolute Gasteiger partial charge is 0.322 e. The number of carboxylic acids is 2. The molecule has 2 aromatic rings. The van der Waals surface area contributed by atoms with Crippen molar-refractivity contribution >= 4 is 40.6 Å². The second kappa shape index (κ2) is 11.5. The van der Waals surface area contributed by atoms with Gasteiger partial charge in [-0.2, -0.15) is 0 Å². The van der Waals surface area contributed by atoms with Gasteiger partial charge in [0.05, 0.1) is 12.6 Å². The van der Waals surface area contributed by atoms with Gasteiger partial charge in [0.15, 0.2) is 0 Å². The van der Waals surface area contributed by atoms with Gasteiger partial charge in [-0.15, -0.1) is 0 Å². The summed E-state index contributed by atoms with van der Waals surface area (Å²) < 4.78 is 0. The van der Waals surface area contributed by atoms with E-state index in [1.54, 1.807) is 6.20 Å². The van der Waals surface area contributed by atoms with Gasteiger partial charge < -0.3 is 36.9 Å². The Bertz CT molecular complexity index is 1000. The van der Waals surface area contributed by atoms with E-state index in [2.05, 4.69) is 20.9 Å². The van der Waals surface area contributed by atoms with Crippen molar-refractivity contribution in [3.05, 3.63) is 36.0 Å². The summed E-state index contributed by atoms with van der Waals surface area (Å²) >= 11 is 0. The van der Waals surface area contributed by atoms with E-state index in [9.17, 15) is 24.0 Å². The minimum Gasteiger partial charge on any atom is -0.481 e. The molecule has 2 unspecified atom stereocenters. The molecule has 0 aliphatic rings. The molecule has 0 aliphatic heterocycles. The van der Waals surface area contributed by atoms with E-state index in [0.29, 0.717) is 0 Å². The van der Waals surface area contributed by atoms with Crippen molar-refractivity contribution in [3.63, 3.8) is 0 Å². The van der Waals surface area contributed by atoms with Crippen LogP contribution < -0.4 is 21.7 Å². The monoisotopic (exact) mass is 447 g/mol. The summed E-state index contributed by atoms with van der Waals surface area (Å²) in [6.07, 6.45) is 1.38. The molecule has 0 radical (unpaired) electrons. The number of para-hydroxylation sites is 1. The van der Waals surface area contributed by atoms with Gasteiger partial charge in [0.1, 0.15) is 12.6 Å². The molecule has 1 aromatic carbocycles. The van der Waals surface area contributed by atoms with E-state index in [1.165, 1.54) is 0 Å². The normalized spacial score (nSPS) is 12.5. The summed E-state index contributed by atoms with van der Waals surface area (Å²) in [6, 6.07) is 5.15. The lowest BCUT2D eigenvalue weighted by atomic mass is 10.0. The van der Waals surface area contributed by atoms with Crippen LogP contribution in [0.15, 0.2) is 30.5 Å². The summed E-state index contributed by atoms with van der Waals surface area (Å²) in [5.41, 5.74) is 7.15. The van der Waals surface area contributed by atoms with Crippen molar-refractivity contribution < 1.29 is 34.2 Å². The van der Waals surface area contributed by atoms with Crippen LogP contribution in [0.4, 0.5) is 0 Å². The van der Waals surface area contributed by atoms with Gasteiger partial charge in [0.2, 0.25) is 17.7 Å². The average molecular weight is 447 g/mol.